The van der Waals surface area contributed by atoms with Crippen LogP contribution in [0.1, 0.15) is 29.7 Å². The zero-order valence-corrected chi connectivity index (χ0v) is 19.5. The number of ether oxygens (including phenoxy) is 4. The van der Waals surface area contributed by atoms with Crippen LogP contribution in [-0.4, -0.2) is 38.5 Å². The van der Waals surface area contributed by atoms with E-state index >= 15 is 0 Å². The zero-order chi connectivity index (χ0) is 24.7. The van der Waals surface area contributed by atoms with Crippen LogP contribution in [0.5, 0.6) is 23.0 Å². The van der Waals surface area contributed by atoms with Crippen LogP contribution >= 0.6 is 0 Å². The molecule has 9 heteroatoms. The Labute approximate surface area is 198 Å². The van der Waals surface area contributed by atoms with Gasteiger partial charge >= 0.3 is 0 Å². The molecule has 0 saturated heterocycles. The largest absolute Gasteiger partial charge is 0.493 e. The van der Waals surface area contributed by atoms with Crippen LogP contribution in [0, 0.1) is 10.1 Å². The Balaban J connectivity index is 1.96. The number of hydrogen-bond acceptors (Lipinski definition) is 8. The molecule has 34 heavy (non-hydrogen) atoms. The summed E-state index contributed by atoms with van der Waals surface area (Å²) in [5, 5.41) is 25.6. The first kappa shape index (κ1) is 24.7. The fraction of sp³-hybridized carbons (Fsp3) is 0.280. The molecule has 0 bridgehead atoms. The van der Waals surface area contributed by atoms with Gasteiger partial charge in [-0.05, 0) is 41.5 Å². The first-order valence-electron chi connectivity index (χ1n) is 10.5. The van der Waals surface area contributed by atoms with E-state index in [9.17, 15) is 15.2 Å². The van der Waals surface area contributed by atoms with Crippen LogP contribution in [0.25, 0.3) is 0 Å². The molecule has 0 spiro atoms. The number of rotatable bonds is 11. The number of methoxy groups -OCH3 is 4. The van der Waals surface area contributed by atoms with Crippen LogP contribution in [0.4, 0.5) is 11.4 Å². The van der Waals surface area contributed by atoms with E-state index in [-0.39, 0.29) is 12.1 Å². The number of nitro groups is 1. The summed E-state index contributed by atoms with van der Waals surface area (Å²) in [6.45, 7) is 0. The number of non-ortho nitro benzene ring substituents is 1. The maximum absolute atomic E-state index is 11.2. The number of aliphatic hydroxyl groups is 1. The first-order valence-corrected chi connectivity index (χ1v) is 10.5. The number of anilines is 1. The van der Waals surface area contributed by atoms with E-state index in [4.69, 9.17) is 18.9 Å². The molecule has 0 aromatic heterocycles. The number of aliphatic hydroxyl groups excluding tert-OH is 1. The Morgan fingerprint density at radius 3 is 1.94 bits per heavy atom. The van der Waals surface area contributed by atoms with Crippen LogP contribution in [0.15, 0.2) is 60.7 Å². The molecule has 0 saturated carbocycles. The minimum atomic E-state index is -0.871. The minimum absolute atomic E-state index is 0.0310. The van der Waals surface area contributed by atoms with Crippen molar-refractivity contribution in [3.63, 3.8) is 0 Å². The summed E-state index contributed by atoms with van der Waals surface area (Å²) in [6, 6.07) is 16.5. The lowest BCUT2D eigenvalue weighted by Crippen LogP contribution is -2.15. The Morgan fingerprint density at radius 2 is 1.38 bits per heavy atom. The zero-order valence-electron chi connectivity index (χ0n) is 19.5. The van der Waals surface area contributed by atoms with Crippen LogP contribution in [0.3, 0.4) is 0 Å². The molecule has 2 atom stereocenters. The van der Waals surface area contributed by atoms with Gasteiger partial charge in [-0.2, -0.15) is 0 Å². The van der Waals surface area contributed by atoms with Crippen LogP contribution < -0.4 is 24.3 Å². The predicted octanol–water partition coefficient (Wildman–Crippen LogP) is 4.91. The first-order chi connectivity index (χ1) is 16.4. The van der Waals surface area contributed by atoms with E-state index in [1.54, 1.807) is 57.7 Å². The van der Waals surface area contributed by atoms with E-state index < -0.39 is 17.1 Å². The Morgan fingerprint density at radius 1 is 0.824 bits per heavy atom. The number of hydrogen-bond donors (Lipinski definition) is 2. The van der Waals surface area contributed by atoms with Crippen molar-refractivity contribution in [2.24, 2.45) is 0 Å². The smallest absolute Gasteiger partial charge is 0.271 e. The molecule has 180 valence electrons. The lowest BCUT2D eigenvalue weighted by atomic mass is 9.95. The molecular weight excluding hydrogens is 440 g/mol. The number of nitro benzene ring substituents is 1. The van der Waals surface area contributed by atoms with Crippen molar-refractivity contribution >= 4 is 11.4 Å². The van der Waals surface area contributed by atoms with Gasteiger partial charge in [-0.3, -0.25) is 10.1 Å². The van der Waals surface area contributed by atoms with Crippen molar-refractivity contribution in [2.75, 3.05) is 33.8 Å². The second-order valence-electron chi connectivity index (χ2n) is 7.48. The molecule has 0 aliphatic rings. The molecule has 2 unspecified atom stereocenters. The highest BCUT2D eigenvalue weighted by atomic mass is 16.6. The van der Waals surface area contributed by atoms with Crippen LogP contribution in [-0.2, 0) is 0 Å². The lowest BCUT2D eigenvalue weighted by Gasteiger charge is -2.24. The van der Waals surface area contributed by atoms with Crippen molar-refractivity contribution in [1.29, 1.82) is 0 Å². The third-order valence-electron chi connectivity index (χ3n) is 5.46. The molecule has 0 radical (unpaired) electrons. The summed E-state index contributed by atoms with van der Waals surface area (Å²) < 4.78 is 21.4. The van der Waals surface area contributed by atoms with Gasteiger partial charge in [-0.25, -0.2) is 0 Å². The summed E-state index contributed by atoms with van der Waals surface area (Å²) in [5.74, 6) is 2.17. The molecule has 9 nitrogen and oxygen atoms in total. The van der Waals surface area contributed by atoms with Crippen molar-refractivity contribution < 1.29 is 29.0 Å². The van der Waals surface area contributed by atoms with Crippen molar-refractivity contribution in [2.45, 2.75) is 18.6 Å². The normalized spacial score (nSPS) is 12.4. The summed E-state index contributed by atoms with van der Waals surface area (Å²) in [6.07, 6.45) is -0.614. The fourth-order valence-corrected chi connectivity index (χ4v) is 3.68. The predicted molar refractivity (Wildman–Crippen MR) is 128 cm³/mol. The highest BCUT2D eigenvalue weighted by Crippen LogP contribution is 2.37. The van der Waals surface area contributed by atoms with E-state index in [2.05, 4.69) is 5.32 Å². The summed E-state index contributed by atoms with van der Waals surface area (Å²) in [7, 11) is 6.18. The van der Waals surface area contributed by atoms with Gasteiger partial charge in [-0.15, -0.1) is 0 Å². The number of benzene rings is 3. The summed E-state index contributed by atoms with van der Waals surface area (Å²) >= 11 is 0. The summed E-state index contributed by atoms with van der Waals surface area (Å²) in [5.41, 5.74) is 1.97. The Bertz CT molecular complexity index is 1140. The van der Waals surface area contributed by atoms with Crippen LogP contribution in [0.2, 0.25) is 0 Å². The third kappa shape index (κ3) is 5.68. The van der Waals surface area contributed by atoms with Gasteiger partial charge in [-0.1, -0.05) is 18.2 Å². The van der Waals surface area contributed by atoms with E-state index in [1.807, 2.05) is 12.1 Å². The molecular formula is C25H28N2O7. The second-order valence-corrected chi connectivity index (χ2v) is 7.48. The van der Waals surface area contributed by atoms with Crippen molar-refractivity contribution in [1.82, 2.24) is 0 Å². The monoisotopic (exact) mass is 468 g/mol. The number of nitrogens with one attached hydrogen (secondary N) is 1. The van der Waals surface area contributed by atoms with Crippen molar-refractivity contribution in [3.05, 3.63) is 81.9 Å². The van der Waals surface area contributed by atoms with Gasteiger partial charge in [0.1, 0.15) is 0 Å². The van der Waals surface area contributed by atoms with Crippen molar-refractivity contribution in [3.8, 4) is 23.0 Å². The molecule has 0 aliphatic carbocycles. The van der Waals surface area contributed by atoms with Gasteiger partial charge in [0.15, 0.2) is 23.0 Å². The second kappa shape index (κ2) is 11.2. The molecule has 3 aromatic carbocycles. The maximum Gasteiger partial charge on any atom is 0.271 e. The Hall–Kier alpha value is -3.98. The van der Waals surface area contributed by atoms with Gasteiger partial charge < -0.3 is 29.4 Å². The average molecular weight is 469 g/mol. The molecule has 0 aliphatic heterocycles. The molecule has 3 aromatic rings. The SMILES string of the molecule is COc1ccc(C(O)CC(Nc2cccc([N+](=O)[O-])c2)c2ccc(OC)c(OC)c2)cc1OC. The van der Waals surface area contributed by atoms with Gasteiger partial charge in [0.2, 0.25) is 0 Å². The molecule has 0 fully saturated rings. The number of nitrogens with zero attached hydrogens (tertiary/aromatic N) is 1. The quantitative estimate of drug-likeness (QED) is 0.302. The molecule has 3 rings (SSSR count). The van der Waals surface area contributed by atoms with E-state index in [0.29, 0.717) is 34.2 Å². The standard InChI is InChI=1S/C25H28N2O7/c1-31-22-10-8-16(12-24(22)33-3)20(26-18-6-5-7-19(14-18)27(29)30)15-21(28)17-9-11-23(32-2)25(13-17)34-4/h5-14,20-21,26,28H,15H2,1-4H3. The fourth-order valence-electron chi connectivity index (χ4n) is 3.68. The van der Waals surface area contributed by atoms with E-state index in [0.717, 1.165) is 5.56 Å². The van der Waals surface area contributed by atoms with Gasteiger partial charge in [0.25, 0.3) is 5.69 Å². The molecule has 0 heterocycles. The minimum Gasteiger partial charge on any atom is -0.493 e. The molecule has 2 N–H and O–H groups in total. The average Bonchev–Trinajstić information content (AvgIpc) is 2.87. The lowest BCUT2D eigenvalue weighted by molar-refractivity contribution is -0.384. The van der Waals surface area contributed by atoms with Gasteiger partial charge in [0.05, 0.1) is 45.5 Å². The Kier molecular flexibility index (Phi) is 8.15. The molecule has 0 amide bonds. The summed E-state index contributed by atoms with van der Waals surface area (Å²) in [4.78, 5) is 10.8. The topological polar surface area (TPSA) is 112 Å². The highest BCUT2D eigenvalue weighted by molar-refractivity contribution is 5.53. The van der Waals surface area contributed by atoms with Gasteiger partial charge in [0, 0.05) is 24.2 Å². The highest BCUT2D eigenvalue weighted by Gasteiger charge is 2.21. The maximum atomic E-state index is 11.2. The third-order valence-corrected chi connectivity index (χ3v) is 5.46. The van der Waals surface area contributed by atoms with E-state index in [1.165, 1.54) is 19.2 Å².